The number of nitrogens with one attached hydrogen (secondary N) is 1. The molecule has 3 rings (SSSR count). The van der Waals surface area contributed by atoms with Gasteiger partial charge in [0.25, 0.3) is 0 Å². The van der Waals surface area contributed by atoms with Crippen LogP contribution in [0.5, 0.6) is 0 Å². The summed E-state index contributed by atoms with van der Waals surface area (Å²) in [7, 11) is 0. The highest BCUT2D eigenvalue weighted by molar-refractivity contribution is 7.09. The number of aromatic nitrogens is 2. The van der Waals surface area contributed by atoms with Crippen molar-refractivity contribution in [1.29, 1.82) is 0 Å². The molecule has 9 heteroatoms. The van der Waals surface area contributed by atoms with Crippen LogP contribution >= 0.6 is 11.3 Å². The van der Waals surface area contributed by atoms with E-state index in [0.717, 1.165) is 17.0 Å². The number of esters is 1. The van der Waals surface area contributed by atoms with E-state index in [1.807, 2.05) is 17.5 Å². The van der Waals surface area contributed by atoms with Crippen molar-refractivity contribution in [3.8, 4) is 11.4 Å². The summed E-state index contributed by atoms with van der Waals surface area (Å²) in [6, 6.07) is 8.53. The first-order valence-electron chi connectivity index (χ1n) is 8.36. The molecule has 2 aromatic heterocycles. The smallest absolute Gasteiger partial charge is 0.416 e. The fourth-order valence-electron chi connectivity index (χ4n) is 2.43. The van der Waals surface area contributed by atoms with E-state index in [9.17, 15) is 18.0 Å². The normalized spacial score (nSPS) is 11.3. The van der Waals surface area contributed by atoms with Crippen molar-refractivity contribution in [2.75, 3.05) is 11.9 Å². The molecule has 0 unspecified atom stereocenters. The molecule has 0 radical (unpaired) electrons. The summed E-state index contributed by atoms with van der Waals surface area (Å²) < 4.78 is 44.0. The van der Waals surface area contributed by atoms with Gasteiger partial charge in [-0.2, -0.15) is 13.2 Å². The van der Waals surface area contributed by atoms with Crippen LogP contribution in [0.3, 0.4) is 0 Å². The van der Waals surface area contributed by atoms with Gasteiger partial charge < -0.3 is 10.1 Å². The number of ether oxygens (including phenoxy) is 1. The molecule has 0 saturated carbocycles. The van der Waals surface area contributed by atoms with E-state index < -0.39 is 17.7 Å². The first kappa shape index (κ1) is 19.8. The lowest BCUT2D eigenvalue weighted by Crippen LogP contribution is -2.12. The zero-order valence-electron chi connectivity index (χ0n) is 14.8. The molecule has 0 aliphatic carbocycles. The fourth-order valence-corrected chi connectivity index (χ4v) is 3.08. The first-order valence-corrected chi connectivity index (χ1v) is 9.24. The van der Waals surface area contributed by atoms with Gasteiger partial charge >= 0.3 is 12.1 Å². The number of alkyl halides is 3. The molecule has 0 aliphatic rings. The highest BCUT2D eigenvalue weighted by Crippen LogP contribution is 2.31. The van der Waals surface area contributed by atoms with Gasteiger partial charge in [0, 0.05) is 16.6 Å². The SMILES string of the molecule is CCOC(=O)c1cnc(-c2cccc(C(F)(F)F)c2)nc1NCc1cccs1. The Hall–Kier alpha value is -2.94. The molecule has 0 atom stereocenters. The summed E-state index contributed by atoms with van der Waals surface area (Å²) in [6.07, 6.45) is -3.21. The van der Waals surface area contributed by atoms with Crippen molar-refractivity contribution in [3.05, 3.63) is 64.0 Å². The summed E-state index contributed by atoms with van der Waals surface area (Å²) in [5.74, 6) is -0.325. The summed E-state index contributed by atoms with van der Waals surface area (Å²) >= 11 is 1.52. The van der Waals surface area contributed by atoms with Crippen LogP contribution in [-0.2, 0) is 17.5 Å². The highest BCUT2D eigenvalue weighted by atomic mass is 32.1. The summed E-state index contributed by atoms with van der Waals surface area (Å²) in [6.45, 7) is 2.26. The van der Waals surface area contributed by atoms with Crippen molar-refractivity contribution < 1.29 is 22.7 Å². The number of thiophene rings is 1. The molecule has 28 heavy (non-hydrogen) atoms. The number of carbonyl (C=O) groups excluding carboxylic acids is 1. The minimum absolute atomic E-state index is 0.0767. The molecule has 146 valence electrons. The topological polar surface area (TPSA) is 64.1 Å². The number of hydrogen-bond donors (Lipinski definition) is 1. The molecule has 3 aromatic rings. The van der Waals surface area contributed by atoms with Crippen LogP contribution in [0.25, 0.3) is 11.4 Å². The third-order valence-electron chi connectivity index (χ3n) is 3.74. The van der Waals surface area contributed by atoms with Gasteiger partial charge in [0.1, 0.15) is 11.4 Å². The van der Waals surface area contributed by atoms with E-state index in [-0.39, 0.29) is 29.4 Å². The molecule has 0 aliphatic heterocycles. The largest absolute Gasteiger partial charge is 0.462 e. The average Bonchev–Trinajstić information content (AvgIpc) is 3.19. The van der Waals surface area contributed by atoms with E-state index in [4.69, 9.17) is 4.74 Å². The number of carbonyl (C=O) groups is 1. The van der Waals surface area contributed by atoms with Crippen LogP contribution in [0.15, 0.2) is 48.0 Å². The van der Waals surface area contributed by atoms with Gasteiger partial charge in [0.2, 0.25) is 0 Å². The van der Waals surface area contributed by atoms with E-state index in [0.29, 0.717) is 6.54 Å². The second kappa shape index (κ2) is 8.39. The Morgan fingerprint density at radius 3 is 2.75 bits per heavy atom. The number of rotatable bonds is 6. The first-order chi connectivity index (χ1) is 13.4. The Morgan fingerprint density at radius 1 is 1.25 bits per heavy atom. The molecule has 1 N–H and O–H groups in total. The van der Waals surface area contributed by atoms with Crippen LogP contribution in [0.1, 0.15) is 27.7 Å². The Balaban J connectivity index is 1.96. The predicted octanol–water partition coefficient (Wildman–Crippen LogP) is 5.01. The maximum Gasteiger partial charge on any atom is 0.416 e. The number of nitrogens with zero attached hydrogens (tertiary/aromatic N) is 2. The number of halogens is 3. The van der Waals surface area contributed by atoms with Crippen molar-refractivity contribution >= 4 is 23.1 Å². The van der Waals surface area contributed by atoms with Gasteiger partial charge in [-0.3, -0.25) is 0 Å². The number of benzene rings is 1. The minimum atomic E-state index is -4.47. The molecule has 1 aromatic carbocycles. The molecule has 0 bridgehead atoms. The van der Waals surface area contributed by atoms with Gasteiger partial charge in [-0.05, 0) is 30.5 Å². The zero-order chi connectivity index (χ0) is 20.1. The van der Waals surface area contributed by atoms with E-state index >= 15 is 0 Å². The lowest BCUT2D eigenvalue weighted by molar-refractivity contribution is -0.137. The van der Waals surface area contributed by atoms with E-state index in [1.165, 1.54) is 29.7 Å². The van der Waals surface area contributed by atoms with Crippen molar-refractivity contribution in [1.82, 2.24) is 9.97 Å². The molecule has 0 saturated heterocycles. The molecule has 0 spiro atoms. The lowest BCUT2D eigenvalue weighted by atomic mass is 10.1. The molecule has 0 fully saturated rings. The summed E-state index contributed by atoms with van der Waals surface area (Å²) in [4.78, 5) is 21.5. The van der Waals surface area contributed by atoms with Gasteiger partial charge in [0.15, 0.2) is 5.82 Å². The third kappa shape index (κ3) is 4.66. The second-order valence-electron chi connectivity index (χ2n) is 5.69. The molecular weight excluding hydrogens is 391 g/mol. The average molecular weight is 407 g/mol. The monoisotopic (exact) mass is 407 g/mol. The minimum Gasteiger partial charge on any atom is -0.462 e. The highest BCUT2D eigenvalue weighted by Gasteiger charge is 2.30. The maximum atomic E-state index is 13.0. The van der Waals surface area contributed by atoms with E-state index in [1.54, 1.807) is 6.92 Å². The number of hydrogen-bond acceptors (Lipinski definition) is 6. The van der Waals surface area contributed by atoms with Crippen molar-refractivity contribution in [2.45, 2.75) is 19.6 Å². The predicted molar refractivity (Wildman–Crippen MR) is 100 cm³/mol. The van der Waals surface area contributed by atoms with Crippen molar-refractivity contribution in [3.63, 3.8) is 0 Å². The Bertz CT molecular complexity index is 959. The van der Waals surface area contributed by atoms with Crippen LogP contribution < -0.4 is 5.32 Å². The molecular formula is C19H16F3N3O2S. The van der Waals surface area contributed by atoms with Crippen LogP contribution in [0.2, 0.25) is 0 Å². The quantitative estimate of drug-likeness (QED) is 0.582. The standard InChI is InChI=1S/C19H16F3N3O2S/c1-2-27-18(26)15-11-24-16(12-5-3-6-13(9-12)19(20,21)22)25-17(15)23-10-14-7-4-8-28-14/h3-9,11H,2,10H2,1H3,(H,23,24,25). The Labute approximate surface area is 163 Å². The number of anilines is 1. The lowest BCUT2D eigenvalue weighted by Gasteiger charge is -2.12. The van der Waals surface area contributed by atoms with Gasteiger partial charge in [0.05, 0.1) is 18.7 Å². The molecule has 0 amide bonds. The van der Waals surface area contributed by atoms with E-state index in [2.05, 4.69) is 15.3 Å². The Morgan fingerprint density at radius 2 is 2.07 bits per heavy atom. The Kier molecular flexibility index (Phi) is 5.93. The summed E-state index contributed by atoms with van der Waals surface area (Å²) in [5.41, 5.74) is -0.477. The van der Waals surface area contributed by atoms with Gasteiger partial charge in [-0.1, -0.05) is 18.2 Å². The van der Waals surface area contributed by atoms with Crippen LogP contribution in [-0.4, -0.2) is 22.5 Å². The molecule has 5 nitrogen and oxygen atoms in total. The third-order valence-corrected chi connectivity index (χ3v) is 4.62. The fraction of sp³-hybridized carbons (Fsp3) is 0.211. The maximum absolute atomic E-state index is 13.0. The summed E-state index contributed by atoms with van der Waals surface area (Å²) in [5, 5.41) is 4.96. The van der Waals surface area contributed by atoms with Crippen LogP contribution in [0.4, 0.5) is 19.0 Å². The van der Waals surface area contributed by atoms with Crippen LogP contribution in [0, 0.1) is 0 Å². The van der Waals surface area contributed by atoms with Gasteiger partial charge in [-0.15, -0.1) is 11.3 Å². The zero-order valence-corrected chi connectivity index (χ0v) is 15.6. The molecule has 2 heterocycles. The van der Waals surface area contributed by atoms with Crippen molar-refractivity contribution in [2.24, 2.45) is 0 Å². The van der Waals surface area contributed by atoms with Gasteiger partial charge in [-0.25, -0.2) is 14.8 Å². The second-order valence-corrected chi connectivity index (χ2v) is 6.72.